The first kappa shape index (κ1) is 19.0. The molecule has 0 aliphatic rings. The average molecular weight is 364 g/mol. The van der Waals surface area contributed by atoms with Crippen LogP contribution in [0.15, 0.2) is 24.3 Å². The molecule has 1 amide bonds. The first-order valence-corrected chi connectivity index (χ1v) is 8.16. The van der Waals surface area contributed by atoms with Gasteiger partial charge in [-0.05, 0) is 45.3 Å². The Hall–Kier alpha value is -2.38. The molecule has 1 heterocycles. The number of carbonyl (C=O) groups is 1. The van der Waals surface area contributed by atoms with E-state index in [4.69, 9.17) is 16.3 Å². The van der Waals surface area contributed by atoms with Crippen molar-refractivity contribution >= 4 is 29.1 Å². The quantitative estimate of drug-likeness (QED) is 0.786. The molecule has 2 rings (SSSR count). The molecule has 0 radical (unpaired) electrons. The van der Waals surface area contributed by atoms with Gasteiger partial charge in [0.25, 0.3) is 5.91 Å². The summed E-state index contributed by atoms with van der Waals surface area (Å²) in [5.74, 6) is 0.665. The molecule has 1 aromatic carbocycles. The van der Waals surface area contributed by atoms with Crippen LogP contribution in [0.4, 0.5) is 11.6 Å². The van der Waals surface area contributed by atoms with Crippen LogP contribution < -0.4 is 15.4 Å². The molecule has 1 aromatic heterocycles. The lowest BCUT2D eigenvalue weighted by atomic mass is 10.3. The predicted octanol–water partition coefficient (Wildman–Crippen LogP) is 2.48. The zero-order chi connectivity index (χ0) is 18.4. The van der Waals surface area contributed by atoms with Gasteiger partial charge >= 0.3 is 0 Å². The van der Waals surface area contributed by atoms with Gasteiger partial charge in [0.15, 0.2) is 0 Å². The van der Waals surface area contributed by atoms with Crippen LogP contribution in [0.3, 0.4) is 0 Å². The highest BCUT2D eigenvalue weighted by Gasteiger charge is 2.12. The summed E-state index contributed by atoms with van der Waals surface area (Å²) in [5, 5.41) is 6.44. The number of aromatic nitrogens is 2. The van der Waals surface area contributed by atoms with Gasteiger partial charge in [0.2, 0.25) is 5.95 Å². The van der Waals surface area contributed by atoms with Crippen molar-refractivity contribution in [3.8, 4) is 5.75 Å². The van der Waals surface area contributed by atoms with Crippen LogP contribution in [-0.2, 0) is 0 Å². The van der Waals surface area contributed by atoms with Crippen molar-refractivity contribution in [2.24, 2.45) is 0 Å². The van der Waals surface area contributed by atoms with Crippen molar-refractivity contribution in [2.75, 3.05) is 39.6 Å². The summed E-state index contributed by atoms with van der Waals surface area (Å²) in [6.07, 6.45) is 0. The zero-order valence-corrected chi connectivity index (χ0v) is 15.5. The summed E-state index contributed by atoms with van der Waals surface area (Å²) in [6, 6.07) is 6.83. The molecule has 2 aromatic rings. The highest BCUT2D eigenvalue weighted by atomic mass is 35.5. The fourth-order valence-corrected chi connectivity index (χ4v) is 2.29. The van der Waals surface area contributed by atoms with E-state index in [1.54, 1.807) is 38.3 Å². The summed E-state index contributed by atoms with van der Waals surface area (Å²) in [4.78, 5) is 22.9. The summed E-state index contributed by atoms with van der Waals surface area (Å²) in [5.41, 5.74) is 1.60. The van der Waals surface area contributed by atoms with Gasteiger partial charge in [0, 0.05) is 23.8 Å². The molecule has 0 saturated heterocycles. The minimum atomic E-state index is -0.242. The van der Waals surface area contributed by atoms with Gasteiger partial charge in [0.1, 0.15) is 11.4 Å². The van der Waals surface area contributed by atoms with E-state index in [9.17, 15) is 4.79 Å². The second kappa shape index (κ2) is 8.64. The third kappa shape index (κ3) is 5.58. The van der Waals surface area contributed by atoms with Gasteiger partial charge in [-0.2, -0.15) is 0 Å². The van der Waals surface area contributed by atoms with Crippen LogP contribution in [0.5, 0.6) is 5.75 Å². The van der Waals surface area contributed by atoms with Crippen LogP contribution in [0.2, 0.25) is 5.02 Å². The molecule has 0 unspecified atom stereocenters. The Bertz CT molecular complexity index is 752. The number of rotatable bonds is 7. The number of aryl methyl sites for hydroxylation is 1. The second-order valence-corrected chi connectivity index (χ2v) is 6.18. The van der Waals surface area contributed by atoms with E-state index in [1.165, 1.54) is 0 Å². The Morgan fingerprint density at radius 3 is 2.72 bits per heavy atom. The molecule has 134 valence electrons. The lowest BCUT2D eigenvalue weighted by Gasteiger charge is -2.13. The van der Waals surface area contributed by atoms with Gasteiger partial charge in [-0.25, -0.2) is 9.97 Å². The Labute approximate surface area is 152 Å². The van der Waals surface area contributed by atoms with Crippen molar-refractivity contribution < 1.29 is 9.53 Å². The van der Waals surface area contributed by atoms with Gasteiger partial charge in [0.05, 0.1) is 12.8 Å². The number of benzene rings is 1. The molecule has 7 nitrogen and oxygen atoms in total. The molecular formula is C17H22ClN5O2. The third-order valence-electron chi connectivity index (χ3n) is 3.34. The van der Waals surface area contributed by atoms with Crippen molar-refractivity contribution in [1.29, 1.82) is 0 Å². The van der Waals surface area contributed by atoms with Gasteiger partial charge in [-0.1, -0.05) is 11.6 Å². The topological polar surface area (TPSA) is 79.4 Å². The number of hydrogen-bond donors (Lipinski definition) is 2. The average Bonchev–Trinajstić information content (AvgIpc) is 2.54. The largest absolute Gasteiger partial charge is 0.495 e. The maximum Gasteiger partial charge on any atom is 0.270 e. The lowest BCUT2D eigenvalue weighted by molar-refractivity contribution is 0.0946. The third-order valence-corrected chi connectivity index (χ3v) is 3.57. The van der Waals surface area contributed by atoms with Gasteiger partial charge in [-0.15, -0.1) is 0 Å². The molecule has 0 aliphatic heterocycles. The van der Waals surface area contributed by atoms with Crippen molar-refractivity contribution in [3.05, 3.63) is 40.7 Å². The van der Waals surface area contributed by atoms with E-state index in [1.807, 2.05) is 19.0 Å². The molecule has 0 atom stereocenters. The molecule has 25 heavy (non-hydrogen) atoms. The van der Waals surface area contributed by atoms with Gasteiger partial charge < -0.3 is 20.3 Å². The Morgan fingerprint density at radius 2 is 2.04 bits per heavy atom. The lowest BCUT2D eigenvalue weighted by Crippen LogP contribution is -2.32. The van der Waals surface area contributed by atoms with E-state index in [2.05, 4.69) is 20.6 Å². The number of amides is 1. The summed E-state index contributed by atoms with van der Waals surface area (Å²) in [6.45, 7) is 3.10. The Kier molecular flexibility index (Phi) is 6.55. The standard InChI is InChI=1S/C17H22ClN5O2/c1-11-9-14(16(24)19-7-8-23(2)3)22-17(20-11)21-13-10-12(18)5-6-15(13)25-4/h5-6,9-10H,7-8H2,1-4H3,(H,19,24)(H,20,21,22). The van der Waals surface area contributed by atoms with Crippen LogP contribution in [-0.4, -0.2) is 55.1 Å². The van der Waals surface area contributed by atoms with Crippen LogP contribution in [0.1, 0.15) is 16.2 Å². The molecule has 0 saturated carbocycles. The molecule has 0 fully saturated rings. The first-order valence-electron chi connectivity index (χ1n) is 7.78. The van der Waals surface area contributed by atoms with Crippen LogP contribution in [0, 0.1) is 6.92 Å². The first-order chi connectivity index (χ1) is 11.9. The number of ether oxygens (including phenoxy) is 1. The summed E-state index contributed by atoms with van der Waals surface area (Å²) in [7, 11) is 5.46. The normalized spacial score (nSPS) is 10.6. The minimum Gasteiger partial charge on any atom is -0.495 e. The van der Waals surface area contributed by atoms with Crippen molar-refractivity contribution in [1.82, 2.24) is 20.2 Å². The minimum absolute atomic E-state index is 0.242. The van der Waals surface area contributed by atoms with E-state index in [-0.39, 0.29) is 5.91 Å². The van der Waals surface area contributed by atoms with E-state index < -0.39 is 0 Å². The molecule has 0 bridgehead atoms. The maximum absolute atomic E-state index is 12.3. The van der Waals surface area contributed by atoms with Crippen molar-refractivity contribution in [2.45, 2.75) is 6.92 Å². The van der Waals surface area contributed by atoms with E-state index >= 15 is 0 Å². The second-order valence-electron chi connectivity index (χ2n) is 5.75. The van der Waals surface area contributed by atoms with Gasteiger partial charge in [-0.3, -0.25) is 4.79 Å². The van der Waals surface area contributed by atoms with Crippen LogP contribution >= 0.6 is 11.6 Å². The zero-order valence-electron chi connectivity index (χ0n) is 14.8. The number of likely N-dealkylation sites (N-methyl/N-ethyl adjacent to an activating group) is 1. The molecule has 8 heteroatoms. The van der Waals surface area contributed by atoms with E-state index in [0.29, 0.717) is 40.3 Å². The molecule has 0 aliphatic carbocycles. The van der Waals surface area contributed by atoms with Crippen LogP contribution in [0.25, 0.3) is 0 Å². The maximum atomic E-state index is 12.3. The summed E-state index contributed by atoms with van der Waals surface area (Å²) >= 11 is 6.03. The monoisotopic (exact) mass is 363 g/mol. The number of anilines is 2. The number of carbonyl (C=O) groups excluding carboxylic acids is 1. The van der Waals surface area contributed by atoms with E-state index in [0.717, 1.165) is 6.54 Å². The molecule has 2 N–H and O–H groups in total. The number of nitrogens with one attached hydrogen (secondary N) is 2. The number of nitrogens with zero attached hydrogens (tertiary/aromatic N) is 3. The molecular weight excluding hydrogens is 342 g/mol. The smallest absolute Gasteiger partial charge is 0.270 e. The Morgan fingerprint density at radius 1 is 1.28 bits per heavy atom. The number of hydrogen-bond acceptors (Lipinski definition) is 6. The summed E-state index contributed by atoms with van der Waals surface area (Å²) < 4.78 is 5.30. The SMILES string of the molecule is COc1ccc(Cl)cc1Nc1nc(C)cc(C(=O)NCCN(C)C)n1. The fraction of sp³-hybridized carbons (Fsp3) is 0.353. The number of halogens is 1. The van der Waals surface area contributed by atoms with Crippen molar-refractivity contribution in [3.63, 3.8) is 0 Å². The highest BCUT2D eigenvalue weighted by molar-refractivity contribution is 6.31. The highest BCUT2D eigenvalue weighted by Crippen LogP contribution is 2.29. The molecule has 0 spiro atoms. The fourth-order valence-electron chi connectivity index (χ4n) is 2.12. The number of methoxy groups -OCH3 is 1. The predicted molar refractivity (Wildman–Crippen MR) is 98.9 cm³/mol. The Balaban J connectivity index is 2.19.